The van der Waals surface area contributed by atoms with Crippen LogP contribution in [-0.4, -0.2) is 0 Å². The molecule has 0 N–H and O–H groups in total. The van der Waals surface area contributed by atoms with Crippen molar-refractivity contribution in [3.63, 3.8) is 0 Å². The van der Waals surface area contributed by atoms with Gasteiger partial charge < -0.3 is 0 Å². The monoisotopic (exact) mass is 258 g/mol. The Morgan fingerprint density at radius 1 is 1.75 bits per heavy atom. The molecule has 1 heterocycles. The Morgan fingerprint density at radius 3 is 2.75 bits per heavy atom. The van der Waals surface area contributed by atoms with Crippen molar-refractivity contribution in [3.8, 4) is 0 Å². The first kappa shape index (κ1) is 6.83. The zero-order valence-corrected chi connectivity index (χ0v) is 7.76. The van der Waals surface area contributed by atoms with Crippen molar-refractivity contribution < 1.29 is 0 Å². The van der Waals surface area contributed by atoms with E-state index in [-0.39, 0.29) is 0 Å². The highest BCUT2D eigenvalue weighted by atomic mass is 127. The molecule has 0 amide bonds. The van der Waals surface area contributed by atoms with Gasteiger partial charge in [0, 0.05) is 5.88 Å². The SMILES string of the molecule is ClCc1csc(I)c1. The average Bonchev–Trinajstić information content (AvgIpc) is 2.14. The number of hydrogen-bond acceptors (Lipinski definition) is 1. The second kappa shape index (κ2) is 3.03. The van der Waals surface area contributed by atoms with Crippen LogP contribution >= 0.6 is 45.5 Å². The first-order chi connectivity index (χ1) is 3.83. The Balaban J connectivity index is 2.84. The fraction of sp³-hybridized carbons (Fsp3) is 0.200. The van der Waals surface area contributed by atoms with E-state index in [0.29, 0.717) is 5.88 Å². The van der Waals surface area contributed by atoms with Crippen LogP contribution in [0.3, 0.4) is 0 Å². The van der Waals surface area contributed by atoms with E-state index < -0.39 is 0 Å². The van der Waals surface area contributed by atoms with Crippen molar-refractivity contribution in [1.29, 1.82) is 0 Å². The van der Waals surface area contributed by atoms with Gasteiger partial charge in [0.25, 0.3) is 0 Å². The van der Waals surface area contributed by atoms with Gasteiger partial charge in [0.2, 0.25) is 0 Å². The van der Waals surface area contributed by atoms with Gasteiger partial charge in [-0.05, 0) is 39.6 Å². The first-order valence-corrected chi connectivity index (χ1v) is 4.61. The van der Waals surface area contributed by atoms with Crippen LogP contribution in [0, 0.1) is 2.88 Å². The van der Waals surface area contributed by atoms with E-state index in [0.717, 1.165) is 0 Å². The summed E-state index contributed by atoms with van der Waals surface area (Å²) in [6.07, 6.45) is 0. The lowest BCUT2D eigenvalue weighted by Gasteiger charge is -1.77. The number of rotatable bonds is 1. The topological polar surface area (TPSA) is 0 Å². The van der Waals surface area contributed by atoms with E-state index in [2.05, 4.69) is 34.0 Å². The molecule has 0 atom stereocenters. The zero-order chi connectivity index (χ0) is 5.98. The summed E-state index contributed by atoms with van der Waals surface area (Å²) in [5, 5.41) is 2.08. The van der Waals surface area contributed by atoms with Crippen LogP contribution in [-0.2, 0) is 5.88 Å². The van der Waals surface area contributed by atoms with Crippen molar-refractivity contribution in [1.82, 2.24) is 0 Å². The van der Waals surface area contributed by atoms with Gasteiger partial charge in [-0.15, -0.1) is 22.9 Å². The number of halogens is 2. The Hall–Kier alpha value is 0.720. The minimum atomic E-state index is 0.638. The lowest BCUT2D eigenvalue weighted by Crippen LogP contribution is -1.63. The van der Waals surface area contributed by atoms with Gasteiger partial charge in [0.1, 0.15) is 0 Å². The van der Waals surface area contributed by atoms with Crippen molar-refractivity contribution in [2.75, 3.05) is 0 Å². The molecule has 0 unspecified atom stereocenters. The fourth-order valence-corrected chi connectivity index (χ4v) is 2.08. The highest BCUT2D eigenvalue weighted by Gasteiger charge is 1.91. The van der Waals surface area contributed by atoms with Gasteiger partial charge >= 0.3 is 0 Å². The second-order valence-corrected chi connectivity index (χ2v) is 4.47. The fourth-order valence-electron chi connectivity index (χ4n) is 0.416. The molecule has 1 rings (SSSR count). The summed E-state index contributed by atoms with van der Waals surface area (Å²) in [6.45, 7) is 0. The van der Waals surface area contributed by atoms with Crippen molar-refractivity contribution >= 4 is 45.5 Å². The molecule has 0 aliphatic carbocycles. The smallest absolute Gasteiger partial charge is 0.0656 e. The summed E-state index contributed by atoms with van der Waals surface area (Å²) in [6, 6.07) is 2.10. The second-order valence-electron chi connectivity index (χ2n) is 1.39. The molecule has 1 aromatic rings. The molecule has 0 saturated heterocycles. The molecule has 8 heavy (non-hydrogen) atoms. The van der Waals surface area contributed by atoms with Crippen LogP contribution in [0.2, 0.25) is 0 Å². The van der Waals surface area contributed by atoms with Crippen molar-refractivity contribution in [2.24, 2.45) is 0 Å². The van der Waals surface area contributed by atoms with E-state index in [1.807, 2.05) is 0 Å². The third-order valence-electron chi connectivity index (χ3n) is 0.776. The predicted molar refractivity (Wildman–Crippen MR) is 46.6 cm³/mol. The summed E-state index contributed by atoms with van der Waals surface area (Å²) in [5.41, 5.74) is 1.22. The van der Waals surface area contributed by atoms with Crippen LogP contribution in [0.15, 0.2) is 11.4 Å². The van der Waals surface area contributed by atoms with Gasteiger partial charge in [0.05, 0.1) is 2.88 Å². The van der Waals surface area contributed by atoms with Crippen LogP contribution in [0.25, 0.3) is 0 Å². The maximum atomic E-state index is 5.54. The summed E-state index contributed by atoms with van der Waals surface area (Å²) in [7, 11) is 0. The molecule has 0 nitrogen and oxygen atoms in total. The number of hydrogen-bond donors (Lipinski definition) is 0. The largest absolute Gasteiger partial charge is 0.137 e. The third kappa shape index (κ3) is 1.60. The molecular weight excluding hydrogens is 254 g/mol. The standard InChI is InChI=1S/C5H4ClIS/c6-2-4-1-5(7)8-3-4/h1,3H,2H2. The predicted octanol–water partition coefficient (Wildman–Crippen LogP) is 3.09. The number of thiophene rings is 1. The minimum Gasteiger partial charge on any atom is -0.137 e. The Morgan fingerprint density at radius 2 is 2.50 bits per heavy atom. The van der Waals surface area contributed by atoms with E-state index in [1.54, 1.807) is 11.3 Å². The first-order valence-electron chi connectivity index (χ1n) is 2.12. The molecule has 3 heteroatoms. The molecule has 0 bridgehead atoms. The normalized spacial score (nSPS) is 9.75. The highest BCUT2D eigenvalue weighted by molar-refractivity contribution is 14.1. The van der Waals surface area contributed by atoms with Crippen molar-refractivity contribution in [2.45, 2.75) is 5.88 Å². The average molecular weight is 259 g/mol. The van der Waals surface area contributed by atoms with Gasteiger partial charge in [-0.3, -0.25) is 0 Å². The molecule has 0 aliphatic rings. The van der Waals surface area contributed by atoms with Gasteiger partial charge in [-0.1, -0.05) is 0 Å². The Labute approximate surface area is 71.0 Å². The van der Waals surface area contributed by atoms with Gasteiger partial charge in [-0.25, -0.2) is 0 Å². The highest BCUT2D eigenvalue weighted by Crippen LogP contribution is 2.17. The van der Waals surface area contributed by atoms with Crippen molar-refractivity contribution in [3.05, 3.63) is 19.9 Å². The summed E-state index contributed by atoms with van der Waals surface area (Å²) in [5.74, 6) is 0.638. The summed E-state index contributed by atoms with van der Waals surface area (Å²) in [4.78, 5) is 0. The summed E-state index contributed by atoms with van der Waals surface area (Å²) >= 11 is 9.56. The van der Waals surface area contributed by atoms with Gasteiger partial charge in [-0.2, -0.15) is 0 Å². The lowest BCUT2D eigenvalue weighted by molar-refractivity contribution is 1.46. The lowest BCUT2D eigenvalue weighted by atomic mass is 10.4. The van der Waals surface area contributed by atoms with Crippen LogP contribution in [0.4, 0.5) is 0 Å². The molecule has 0 aromatic carbocycles. The molecular formula is C5H4ClIS. The molecule has 0 saturated carbocycles. The van der Waals surface area contributed by atoms with E-state index in [9.17, 15) is 0 Å². The van der Waals surface area contributed by atoms with E-state index >= 15 is 0 Å². The van der Waals surface area contributed by atoms with Gasteiger partial charge in [0.15, 0.2) is 0 Å². The molecule has 1 aromatic heterocycles. The molecule has 44 valence electrons. The molecule has 0 radical (unpaired) electrons. The quantitative estimate of drug-likeness (QED) is 0.536. The van der Waals surface area contributed by atoms with Crippen LogP contribution in [0.1, 0.15) is 5.56 Å². The molecule has 0 fully saturated rings. The third-order valence-corrected chi connectivity index (χ3v) is 2.92. The molecule has 0 aliphatic heterocycles. The maximum Gasteiger partial charge on any atom is 0.0656 e. The van der Waals surface area contributed by atoms with E-state index in [4.69, 9.17) is 11.6 Å². The summed E-state index contributed by atoms with van der Waals surface area (Å²) < 4.78 is 1.30. The van der Waals surface area contributed by atoms with Crippen LogP contribution < -0.4 is 0 Å². The minimum absolute atomic E-state index is 0.638. The number of alkyl halides is 1. The zero-order valence-electron chi connectivity index (χ0n) is 4.03. The van der Waals surface area contributed by atoms with E-state index in [1.165, 1.54) is 8.45 Å². The van der Waals surface area contributed by atoms with Crippen LogP contribution in [0.5, 0.6) is 0 Å². The Bertz CT molecular complexity index is 173. The maximum absolute atomic E-state index is 5.54. The Kier molecular flexibility index (Phi) is 2.59. The molecule has 0 spiro atoms.